The average Bonchev–Trinajstić information content (AvgIpc) is 3.02. The van der Waals surface area contributed by atoms with Gasteiger partial charge in [0.25, 0.3) is 0 Å². The quantitative estimate of drug-likeness (QED) is 0.929. The first-order valence-corrected chi connectivity index (χ1v) is 6.89. The van der Waals surface area contributed by atoms with E-state index in [9.17, 15) is 4.79 Å². The van der Waals surface area contributed by atoms with Gasteiger partial charge in [-0.25, -0.2) is 9.78 Å². The highest BCUT2D eigenvalue weighted by Gasteiger charge is 2.36. The molecule has 5 heteroatoms. The lowest BCUT2D eigenvalue weighted by molar-refractivity contribution is 0.241. The summed E-state index contributed by atoms with van der Waals surface area (Å²) in [6.07, 6.45) is 10.3. The minimum Gasteiger partial charge on any atom is -0.337 e. The molecule has 1 N–H and O–H groups in total. The van der Waals surface area contributed by atoms with Crippen LogP contribution in [0, 0.1) is 5.41 Å². The van der Waals surface area contributed by atoms with Gasteiger partial charge in [0.2, 0.25) is 0 Å². The molecule has 0 aromatic carbocycles. The van der Waals surface area contributed by atoms with Crippen molar-refractivity contribution in [3.63, 3.8) is 0 Å². The number of imidazole rings is 1. The van der Waals surface area contributed by atoms with Gasteiger partial charge in [-0.15, -0.1) is 0 Å². The standard InChI is InChI=1S/C15H18N4O/c1-15(4-5-15)6-8-17-14(20)19-10-13(18-11-19)12-3-2-7-16-9-12/h2-3,7,9-11H,4-6,8H2,1H3,(H,17,20). The number of amides is 1. The van der Waals surface area contributed by atoms with Crippen molar-refractivity contribution in [3.05, 3.63) is 37.1 Å². The fourth-order valence-corrected chi connectivity index (χ4v) is 2.12. The van der Waals surface area contributed by atoms with Gasteiger partial charge in [0.1, 0.15) is 6.33 Å². The highest BCUT2D eigenvalue weighted by Crippen LogP contribution is 2.47. The number of carbonyl (C=O) groups excluding carboxylic acids is 1. The summed E-state index contributed by atoms with van der Waals surface area (Å²) in [5, 5.41) is 2.93. The summed E-state index contributed by atoms with van der Waals surface area (Å²) in [6.45, 7) is 2.98. The molecular formula is C15H18N4O. The number of rotatable bonds is 4. The fourth-order valence-electron chi connectivity index (χ4n) is 2.12. The van der Waals surface area contributed by atoms with E-state index in [0.29, 0.717) is 5.41 Å². The molecule has 0 unspecified atom stereocenters. The molecular weight excluding hydrogens is 252 g/mol. The molecule has 1 fully saturated rings. The van der Waals surface area contributed by atoms with Crippen LogP contribution in [0.15, 0.2) is 37.1 Å². The monoisotopic (exact) mass is 270 g/mol. The molecule has 1 aliphatic rings. The van der Waals surface area contributed by atoms with Gasteiger partial charge in [0.15, 0.2) is 0 Å². The van der Waals surface area contributed by atoms with E-state index in [2.05, 4.69) is 22.2 Å². The molecule has 2 aromatic rings. The molecule has 0 atom stereocenters. The van der Waals surface area contributed by atoms with Crippen LogP contribution in [0.1, 0.15) is 26.2 Å². The van der Waals surface area contributed by atoms with Crippen molar-refractivity contribution in [2.75, 3.05) is 6.54 Å². The van der Waals surface area contributed by atoms with Gasteiger partial charge in [0, 0.05) is 30.7 Å². The Hall–Kier alpha value is -2.17. The van der Waals surface area contributed by atoms with Gasteiger partial charge in [-0.3, -0.25) is 9.55 Å². The van der Waals surface area contributed by atoms with E-state index in [-0.39, 0.29) is 6.03 Å². The highest BCUT2D eigenvalue weighted by molar-refractivity contribution is 5.77. The van der Waals surface area contributed by atoms with Crippen molar-refractivity contribution < 1.29 is 4.79 Å². The Bertz CT molecular complexity index is 601. The van der Waals surface area contributed by atoms with Gasteiger partial charge in [-0.05, 0) is 36.8 Å². The minimum absolute atomic E-state index is 0.128. The van der Waals surface area contributed by atoms with Gasteiger partial charge >= 0.3 is 6.03 Å². The summed E-state index contributed by atoms with van der Waals surface area (Å²) in [4.78, 5) is 20.3. The summed E-state index contributed by atoms with van der Waals surface area (Å²) in [5.74, 6) is 0. The molecule has 2 heterocycles. The van der Waals surface area contributed by atoms with Crippen molar-refractivity contribution in [3.8, 4) is 11.3 Å². The molecule has 0 radical (unpaired) electrons. The summed E-state index contributed by atoms with van der Waals surface area (Å²) >= 11 is 0. The maximum atomic E-state index is 12.0. The average molecular weight is 270 g/mol. The first-order valence-electron chi connectivity index (χ1n) is 6.89. The molecule has 1 saturated carbocycles. The summed E-state index contributed by atoms with van der Waals surface area (Å²) in [5.41, 5.74) is 2.12. The van der Waals surface area contributed by atoms with Crippen LogP contribution in [0.5, 0.6) is 0 Å². The maximum Gasteiger partial charge on any atom is 0.326 e. The van der Waals surface area contributed by atoms with E-state index in [0.717, 1.165) is 24.2 Å². The largest absolute Gasteiger partial charge is 0.337 e. The third kappa shape index (κ3) is 2.87. The van der Waals surface area contributed by atoms with Gasteiger partial charge in [0.05, 0.1) is 5.69 Å². The lowest BCUT2D eigenvalue weighted by Crippen LogP contribution is -2.29. The summed E-state index contributed by atoms with van der Waals surface area (Å²) < 4.78 is 1.48. The lowest BCUT2D eigenvalue weighted by Gasteiger charge is -2.09. The molecule has 104 valence electrons. The zero-order valence-electron chi connectivity index (χ0n) is 11.5. The summed E-state index contributed by atoms with van der Waals surface area (Å²) in [7, 11) is 0. The highest BCUT2D eigenvalue weighted by atomic mass is 16.2. The second-order valence-electron chi connectivity index (χ2n) is 5.70. The number of nitrogens with one attached hydrogen (secondary N) is 1. The van der Waals surface area contributed by atoms with E-state index in [1.165, 1.54) is 23.7 Å². The SMILES string of the molecule is CC1(CCNC(=O)n2cnc(-c3cccnc3)c2)CC1. The number of carbonyl (C=O) groups is 1. The van der Waals surface area contributed by atoms with Crippen LogP contribution in [0.3, 0.4) is 0 Å². The molecule has 0 saturated heterocycles. The van der Waals surface area contributed by atoms with Crippen molar-refractivity contribution >= 4 is 6.03 Å². The summed E-state index contributed by atoms with van der Waals surface area (Å²) in [6, 6.07) is 3.65. The predicted octanol–water partition coefficient (Wildman–Crippen LogP) is 2.69. The smallest absolute Gasteiger partial charge is 0.326 e. The minimum atomic E-state index is -0.128. The number of hydrogen-bond donors (Lipinski definition) is 1. The van der Waals surface area contributed by atoms with E-state index in [1.54, 1.807) is 18.6 Å². The maximum absolute atomic E-state index is 12.0. The van der Waals surface area contributed by atoms with Gasteiger partial charge in [-0.2, -0.15) is 0 Å². The first-order chi connectivity index (χ1) is 9.66. The van der Waals surface area contributed by atoms with Crippen molar-refractivity contribution in [2.45, 2.75) is 26.2 Å². The molecule has 5 nitrogen and oxygen atoms in total. The normalized spacial score (nSPS) is 15.8. The lowest BCUT2D eigenvalue weighted by atomic mass is 10.1. The third-order valence-corrected chi connectivity index (χ3v) is 3.88. The van der Waals surface area contributed by atoms with E-state index >= 15 is 0 Å². The van der Waals surface area contributed by atoms with Crippen LogP contribution in [-0.2, 0) is 0 Å². The zero-order valence-corrected chi connectivity index (χ0v) is 11.5. The van der Waals surface area contributed by atoms with Crippen LogP contribution in [0.2, 0.25) is 0 Å². The number of aromatic nitrogens is 3. The first kappa shape index (κ1) is 12.8. The van der Waals surface area contributed by atoms with E-state index in [4.69, 9.17) is 0 Å². The van der Waals surface area contributed by atoms with Crippen LogP contribution in [0.25, 0.3) is 11.3 Å². The van der Waals surface area contributed by atoms with E-state index < -0.39 is 0 Å². The number of hydrogen-bond acceptors (Lipinski definition) is 3. The molecule has 0 bridgehead atoms. The Morgan fingerprint density at radius 3 is 3.05 bits per heavy atom. The Balaban J connectivity index is 1.60. The molecule has 1 aliphatic carbocycles. The van der Waals surface area contributed by atoms with Crippen LogP contribution >= 0.6 is 0 Å². The molecule has 2 aromatic heterocycles. The molecule has 0 aliphatic heterocycles. The van der Waals surface area contributed by atoms with Crippen LogP contribution < -0.4 is 5.32 Å². The Labute approximate surface area is 118 Å². The predicted molar refractivity (Wildman–Crippen MR) is 76.2 cm³/mol. The Kier molecular flexibility index (Phi) is 3.26. The molecule has 0 spiro atoms. The van der Waals surface area contributed by atoms with Crippen LogP contribution in [-0.4, -0.2) is 27.1 Å². The molecule has 1 amide bonds. The number of nitrogens with zero attached hydrogens (tertiary/aromatic N) is 3. The second-order valence-corrected chi connectivity index (χ2v) is 5.70. The molecule has 20 heavy (non-hydrogen) atoms. The van der Waals surface area contributed by atoms with Gasteiger partial charge < -0.3 is 5.32 Å². The van der Waals surface area contributed by atoms with Crippen molar-refractivity contribution in [1.29, 1.82) is 0 Å². The van der Waals surface area contributed by atoms with E-state index in [1.807, 2.05) is 12.1 Å². The van der Waals surface area contributed by atoms with Gasteiger partial charge in [-0.1, -0.05) is 6.92 Å². The number of pyridine rings is 1. The Morgan fingerprint density at radius 1 is 1.50 bits per heavy atom. The molecule has 3 rings (SSSR count). The topological polar surface area (TPSA) is 59.8 Å². The second kappa shape index (κ2) is 5.07. The Morgan fingerprint density at radius 2 is 2.35 bits per heavy atom. The fraction of sp³-hybridized carbons (Fsp3) is 0.400. The zero-order chi connectivity index (χ0) is 14.0. The third-order valence-electron chi connectivity index (χ3n) is 3.88. The van der Waals surface area contributed by atoms with Crippen molar-refractivity contribution in [1.82, 2.24) is 19.9 Å². The van der Waals surface area contributed by atoms with Crippen molar-refractivity contribution in [2.24, 2.45) is 5.41 Å². The van der Waals surface area contributed by atoms with Crippen LogP contribution in [0.4, 0.5) is 4.79 Å².